The average Bonchev–Trinajstić information content (AvgIpc) is 3.11. The third kappa shape index (κ3) is 8.46. The second kappa shape index (κ2) is 12.4. The van der Waals surface area contributed by atoms with E-state index in [4.69, 9.17) is 9.47 Å². The highest BCUT2D eigenvalue weighted by molar-refractivity contribution is 8.13. The summed E-state index contributed by atoms with van der Waals surface area (Å²) in [6.07, 6.45) is 2.07. The molecule has 1 saturated heterocycles. The normalized spacial score (nSPS) is 17.3. The van der Waals surface area contributed by atoms with Crippen molar-refractivity contribution >= 4 is 28.9 Å². The van der Waals surface area contributed by atoms with Gasteiger partial charge in [0.05, 0.1) is 19.8 Å². The quantitative estimate of drug-likeness (QED) is 0.219. The molecule has 0 radical (unpaired) electrons. The molecule has 0 aromatic carbocycles. The molecule has 1 rings (SSSR count). The van der Waals surface area contributed by atoms with E-state index in [1.54, 1.807) is 13.8 Å². The third-order valence-electron chi connectivity index (χ3n) is 3.92. The molecule has 11 heteroatoms. The van der Waals surface area contributed by atoms with E-state index < -0.39 is 28.3 Å². The zero-order chi connectivity index (χ0) is 20.2. The second-order valence-corrected chi connectivity index (χ2v) is 6.97. The minimum Gasteiger partial charge on any atom is -0.464 e. The highest BCUT2D eigenvalue weighted by Crippen LogP contribution is 2.23. The minimum absolute atomic E-state index is 0.0474. The lowest BCUT2D eigenvalue weighted by Crippen LogP contribution is -2.44. The van der Waals surface area contributed by atoms with E-state index in [-0.39, 0.29) is 31.5 Å². The molecule has 10 nitrogen and oxygen atoms in total. The lowest BCUT2D eigenvalue weighted by Gasteiger charge is -2.26. The number of unbranched alkanes of at least 4 members (excludes halogenated alkanes) is 1. The first-order valence-electron chi connectivity index (χ1n) is 8.90. The van der Waals surface area contributed by atoms with Gasteiger partial charge in [0.2, 0.25) is 5.91 Å². The van der Waals surface area contributed by atoms with Crippen molar-refractivity contribution in [1.82, 2.24) is 4.90 Å². The molecule has 1 amide bonds. The van der Waals surface area contributed by atoms with E-state index in [1.165, 1.54) is 4.90 Å². The minimum atomic E-state index is -0.866. The van der Waals surface area contributed by atoms with Gasteiger partial charge in [-0.15, -0.1) is 10.1 Å². The predicted molar refractivity (Wildman–Crippen MR) is 96.5 cm³/mol. The topological polar surface area (TPSA) is 125 Å². The zero-order valence-electron chi connectivity index (χ0n) is 15.6. The van der Waals surface area contributed by atoms with E-state index in [0.29, 0.717) is 32.2 Å². The first kappa shape index (κ1) is 23.0. The highest BCUT2D eigenvalue weighted by atomic mass is 32.2. The van der Waals surface area contributed by atoms with E-state index in [1.807, 2.05) is 0 Å². The van der Waals surface area contributed by atoms with Crippen molar-refractivity contribution in [1.29, 1.82) is 0 Å². The first-order valence-corrected chi connectivity index (χ1v) is 9.89. The molecule has 0 N–H and O–H groups in total. The Bertz CT molecular complexity index is 531. The van der Waals surface area contributed by atoms with Gasteiger partial charge in [0.1, 0.15) is 6.04 Å². The number of likely N-dealkylation sites (tertiary alicyclic amines) is 1. The van der Waals surface area contributed by atoms with Crippen LogP contribution >= 0.6 is 11.8 Å². The molecule has 154 valence electrons. The van der Waals surface area contributed by atoms with Crippen LogP contribution in [0, 0.1) is 16.0 Å². The molecule has 0 spiro atoms. The molecule has 0 aromatic rings. The third-order valence-corrected chi connectivity index (χ3v) is 4.94. The maximum atomic E-state index is 12.6. The monoisotopic (exact) mass is 406 g/mol. The summed E-state index contributed by atoms with van der Waals surface area (Å²) in [4.78, 5) is 51.9. The number of esters is 1. The largest absolute Gasteiger partial charge is 0.464 e. The fourth-order valence-corrected chi connectivity index (χ4v) is 3.32. The van der Waals surface area contributed by atoms with Gasteiger partial charge in [-0.25, -0.2) is 9.59 Å². The van der Waals surface area contributed by atoms with Crippen LogP contribution < -0.4 is 0 Å². The molecule has 1 heterocycles. The molecule has 2 atom stereocenters. The summed E-state index contributed by atoms with van der Waals surface area (Å²) in [7, 11) is 0. The van der Waals surface area contributed by atoms with Crippen LogP contribution in [0.3, 0.4) is 0 Å². The molecule has 0 unspecified atom stereocenters. The zero-order valence-corrected chi connectivity index (χ0v) is 16.4. The van der Waals surface area contributed by atoms with E-state index in [0.717, 1.165) is 11.8 Å². The van der Waals surface area contributed by atoms with Crippen LogP contribution in [0.25, 0.3) is 0 Å². The van der Waals surface area contributed by atoms with Gasteiger partial charge in [-0.1, -0.05) is 6.92 Å². The number of hydrogen-bond donors (Lipinski definition) is 0. The van der Waals surface area contributed by atoms with Gasteiger partial charge < -0.3 is 19.2 Å². The highest BCUT2D eigenvalue weighted by Gasteiger charge is 2.37. The van der Waals surface area contributed by atoms with Gasteiger partial charge in [0, 0.05) is 18.2 Å². The summed E-state index contributed by atoms with van der Waals surface area (Å²) in [5.74, 6) is -0.800. The molecule has 0 aromatic heterocycles. The van der Waals surface area contributed by atoms with Crippen molar-refractivity contribution in [2.75, 3.05) is 32.1 Å². The Balaban J connectivity index is 2.37. The summed E-state index contributed by atoms with van der Waals surface area (Å²) < 4.78 is 10.0. The van der Waals surface area contributed by atoms with Gasteiger partial charge in [-0.05, 0) is 44.4 Å². The van der Waals surface area contributed by atoms with E-state index in [2.05, 4.69) is 4.84 Å². The van der Waals surface area contributed by atoms with E-state index in [9.17, 15) is 24.5 Å². The molecule has 0 aliphatic carbocycles. The standard InChI is InChI=1S/C16H26N2O8S/c1-3-24-16(21)27-11-12(2)14(19)17-8-6-7-13(17)15(20)25-9-4-5-10-26-18(22)23/h12-13H,3-11H2,1-2H3/t12-,13+/m1/s1. The van der Waals surface area contributed by atoms with Crippen molar-refractivity contribution in [2.45, 2.75) is 45.6 Å². The maximum Gasteiger partial charge on any atom is 0.367 e. The fourth-order valence-electron chi connectivity index (χ4n) is 2.59. The Kier molecular flexibility index (Phi) is 10.5. The van der Waals surface area contributed by atoms with Crippen molar-refractivity contribution in [3.63, 3.8) is 0 Å². The Morgan fingerprint density at radius 1 is 1.26 bits per heavy atom. The maximum absolute atomic E-state index is 12.6. The van der Waals surface area contributed by atoms with Crippen LogP contribution in [0.15, 0.2) is 0 Å². The van der Waals surface area contributed by atoms with Gasteiger partial charge in [0.25, 0.3) is 5.09 Å². The number of carbonyl (C=O) groups excluding carboxylic acids is 3. The fraction of sp³-hybridized carbons (Fsp3) is 0.812. The van der Waals surface area contributed by atoms with Gasteiger partial charge in [-0.2, -0.15) is 0 Å². The van der Waals surface area contributed by atoms with Crippen molar-refractivity contribution < 1.29 is 33.8 Å². The van der Waals surface area contributed by atoms with Crippen LogP contribution in [-0.2, 0) is 23.9 Å². The molecule has 1 fully saturated rings. The Morgan fingerprint density at radius 3 is 2.63 bits per heavy atom. The number of thioether (sulfide) groups is 1. The van der Waals surface area contributed by atoms with Gasteiger partial charge in [0.15, 0.2) is 0 Å². The summed E-state index contributed by atoms with van der Waals surface area (Å²) >= 11 is 0.945. The van der Waals surface area contributed by atoms with Crippen molar-refractivity contribution in [3.8, 4) is 0 Å². The van der Waals surface area contributed by atoms with Crippen molar-refractivity contribution in [3.05, 3.63) is 10.1 Å². The Hall–Kier alpha value is -2.04. The molecule has 27 heavy (non-hydrogen) atoms. The van der Waals surface area contributed by atoms with E-state index >= 15 is 0 Å². The number of hydrogen-bond acceptors (Lipinski definition) is 9. The van der Waals surface area contributed by atoms with Crippen LogP contribution in [-0.4, -0.2) is 65.3 Å². The van der Waals surface area contributed by atoms with Crippen LogP contribution in [0.4, 0.5) is 4.79 Å². The molecular formula is C16H26N2O8S. The molecular weight excluding hydrogens is 380 g/mol. The average molecular weight is 406 g/mol. The molecule has 1 aliphatic heterocycles. The lowest BCUT2D eigenvalue weighted by molar-refractivity contribution is -0.757. The van der Waals surface area contributed by atoms with Gasteiger partial charge >= 0.3 is 11.3 Å². The SMILES string of the molecule is CCOC(=O)SC[C@@H](C)C(=O)N1CCC[C@H]1C(=O)OCCCCO[N+](=O)[O-]. The van der Waals surface area contributed by atoms with Crippen molar-refractivity contribution in [2.24, 2.45) is 5.92 Å². The van der Waals surface area contributed by atoms with Crippen LogP contribution in [0.5, 0.6) is 0 Å². The number of amides is 1. The lowest BCUT2D eigenvalue weighted by atomic mass is 10.1. The Morgan fingerprint density at radius 2 is 1.96 bits per heavy atom. The Labute approximate surface area is 162 Å². The summed E-state index contributed by atoms with van der Waals surface area (Å²) in [5, 5.41) is 8.73. The predicted octanol–water partition coefficient (Wildman–Crippen LogP) is 2.03. The van der Waals surface area contributed by atoms with Crippen LogP contribution in [0.1, 0.15) is 39.5 Å². The number of carbonyl (C=O) groups is 3. The number of rotatable bonds is 11. The number of ether oxygens (including phenoxy) is 2. The number of nitrogens with zero attached hydrogens (tertiary/aromatic N) is 2. The molecule has 0 bridgehead atoms. The molecule has 0 saturated carbocycles. The first-order chi connectivity index (χ1) is 12.9. The smallest absolute Gasteiger partial charge is 0.367 e. The van der Waals surface area contributed by atoms with Gasteiger partial charge in [-0.3, -0.25) is 4.79 Å². The summed E-state index contributed by atoms with van der Waals surface area (Å²) in [6.45, 7) is 4.25. The summed E-state index contributed by atoms with van der Waals surface area (Å²) in [6, 6.07) is -0.623. The molecule has 1 aliphatic rings. The summed E-state index contributed by atoms with van der Waals surface area (Å²) in [5.41, 5.74) is 0. The second-order valence-electron chi connectivity index (χ2n) is 6.02. The van der Waals surface area contributed by atoms with Crippen LogP contribution in [0.2, 0.25) is 0 Å².